The molecule has 0 aromatic heterocycles. The first kappa shape index (κ1) is 83.7. The zero-order valence-corrected chi connectivity index (χ0v) is 68.0. The standard InChI is InChI=1S/C85H106N14O20/c1-45-14-10-16-52(32-45)36-57(91-84(112)88-55-21-23-66-68(39-55)115-31-30-114-66)72(100)90-59-43-117-82(110)64-34-47(3)41-98(64)76(104)50(6)87-75(103)63-38-54(25-29-97(63)80(108)61-19-12-27-95(61)78(59)106)70-44-116-69-40-56(22-24-67(69)119-70)89-85(113)92-58(37-53-17-11-15-46(2)33-53)73(101)93-71-51(7)118-83(111)65-35-48(4)42-99(65)77(105)49(5)86-74(102)60-18-8-9-26-94(60)79(107)62-20-13-28-96(62)81(71)109/h10-11,14-17,21-24,32-33,39-40,47-51,54,57-65,70-71H,8-9,12-13,18-20,25-31,34-38,41-44H2,1-7H3,(H,86,102)(H,87,103)(H,90,100)(H,93,101)(H2,88,91,112)(H2,89,92,113)/t47-,48-,49+,50+,51+,54?,57+,58+,59+,60+,61+,62+,63+,64+,65+,70?,71+/m1/s1. The van der Waals surface area contributed by atoms with Crippen molar-refractivity contribution in [1.82, 2.24) is 61.3 Å². The monoisotopic (exact) mass is 1640 g/mol. The van der Waals surface area contributed by atoms with Gasteiger partial charge < -0.3 is 100 Å². The van der Waals surface area contributed by atoms with Crippen LogP contribution in [0.2, 0.25) is 0 Å². The summed E-state index contributed by atoms with van der Waals surface area (Å²) in [4.78, 5) is 214. The zero-order valence-electron chi connectivity index (χ0n) is 68.0. The molecule has 10 aliphatic rings. The van der Waals surface area contributed by atoms with E-state index in [-0.39, 0.29) is 126 Å². The molecule has 10 heterocycles. The van der Waals surface area contributed by atoms with Gasteiger partial charge in [0.2, 0.25) is 59.1 Å². The lowest BCUT2D eigenvalue weighted by Crippen LogP contribution is -2.63. The number of benzene rings is 4. The normalized spacial score (nSPS) is 28.7. The number of esters is 2. The van der Waals surface area contributed by atoms with Crippen LogP contribution in [0.25, 0.3) is 0 Å². The second-order valence-corrected chi connectivity index (χ2v) is 33.4. The summed E-state index contributed by atoms with van der Waals surface area (Å²) in [6.07, 6.45) is 1.21. The Bertz CT molecular complexity index is 4620. The van der Waals surface area contributed by atoms with Crippen LogP contribution < -0.4 is 61.5 Å². The van der Waals surface area contributed by atoms with Gasteiger partial charge >= 0.3 is 24.0 Å². The molecule has 17 atom stereocenters. The molecule has 0 radical (unpaired) electrons. The van der Waals surface area contributed by atoms with E-state index in [0.717, 1.165) is 11.1 Å². The van der Waals surface area contributed by atoms with Gasteiger partial charge in [-0.15, -0.1) is 0 Å². The largest absolute Gasteiger partial charge is 0.486 e. The van der Waals surface area contributed by atoms with Gasteiger partial charge in [0.05, 0.1) is 0 Å². The lowest BCUT2D eigenvalue weighted by atomic mass is 9.85. The third-order valence-electron chi connectivity index (χ3n) is 24.4. The van der Waals surface area contributed by atoms with Gasteiger partial charge in [0.1, 0.15) is 111 Å². The first-order valence-corrected chi connectivity index (χ1v) is 41.6. The molecule has 4 aromatic carbocycles. The van der Waals surface area contributed by atoms with Crippen molar-refractivity contribution in [2.75, 3.05) is 76.3 Å². The molecule has 0 bridgehead atoms. The van der Waals surface area contributed by atoms with Gasteiger partial charge in [-0.25, -0.2) is 19.2 Å². The Morgan fingerprint density at radius 1 is 0.445 bits per heavy atom. The number of aryl methyl sites for hydroxylation is 2. The van der Waals surface area contributed by atoms with E-state index in [1.807, 2.05) is 52.0 Å². The fourth-order valence-electron chi connectivity index (χ4n) is 18.3. The fraction of sp³-hybridized carbons (Fsp3) is 0.553. The summed E-state index contributed by atoms with van der Waals surface area (Å²) in [5, 5.41) is 22.4. The molecule has 0 saturated carbocycles. The number of cyclic esters (lactones) is 2. The van der Waals surface area contributed by atoms with Crippen molar-refractivity contribution in [3.8, 4) is 23.0 Å². The highest BCUT2D eigenvalue weighted by Gasteiger charge is 2.52. The Morgan fingerprint density at radius 3 is 1.54 bits per heavy atom. The van der Waals surface area contributed by atoms with Crippen LogP contribution in [0.1, 0.15) is 128 Å². The number of anilines is 2. The van der Waals surface area contributed by atoms with Crippen molar-refractivity contribution in [3.05, 3.63) is 107 Å². The SMILES string of the molecule is Cc1cccc(C[C@H](NC(=O)Nc2ccc3c(c2)OCCO3)C(=O)N[C@H]2COC(=O)[C@@H]3C[C@@H](C)CN3C(=O)[C@H](C)NC(=O)[C@@H]3CC(C4COc5cc(NC(=O)N[C@@H](Cc6cccc(C)c6)C(=O)N[C@@H]6C(=O)N7CCC[C@H]7C(=O)N7CCCC[C@H]7C(=O)N[C@@H](C)C(=O)N7C[C@H](C)C[C@H]7C(=O)O[C@H]6C)ccc5O4)CCN3C(=O)[C@@H]3CCCN3C2=O)c1. The maximum Gasteiger partial charge on any atom is 0.329 e. The molecule has 8 N–H and O–H groups in total. The Hall–Kier alpha value is -11.7. The number of hydrogen-bond acceptors (Lipinski definition) is 20. The van der Waals surface area contributed by atoms with Crippen molar-refractivity contribution >= 4 is 94.4 Å². The van der Waals surface area contributed by atoms with E-state index in [9.17, 15) is 43.2 Å². The number of urea groups is 2. The first-order valence-electron chi connectivity index (χ1n) is 41.6. The van der Waals surface area contributed by atoms with E-state index < -0.39 is 180 Å². The van der Waals surface area contributed by atoms with Crippen molar-refractivity contribution < 1.29 is 95.5 Å². The topological polar surface area (TPSA) is 410 Å². The molecule has 0 spiro atoms. The predicted octanol–water partition coefficient (Wildman–Crippen LogP) is 3.31. The minimum atomic E-state index is -1.62. The van der Waals surface area contributed by atoms with Gasteiger partial charge in [-0.05, 0) is 152 Å². The number of fused-ring (bicyclic) bond motifs is 8. The number of amides is 14. The average molecular weight is 1640 g/mol. The molecule has 14 rings (SSSR count). The predicted molar refractivity (Wildman–Crippen MR) is 427 cm³/mol. The molecule has 8 fully saturated rings. The minimum Gasteiger partial charge on any atom is -0.486 e. The zero-order chi connectivity index (χ0) is 84.2. The van der Waals surface area contributed by atoms with E-state index in [1.165, 1.54) is 56.2 Å². The number of hydrogen-bond donors (Lipinski definition) is 8. The summed E-state index contributed by atoms with van der Waals surface area (Å²) < 4.78 is 36.4. The van der Waals surface area contributed by atoms with Crippen LogP contribution >= 0.6 is 0 Å². The Kier molecular flexibility index (Phi) is 25.5. The number of nitrogens with one attached hydrogen (secondary N) is 8. The molecule has 10 aliphatic heterocycles. The molecular weight excluding hydrogens is 1540 g/mol. The molecule has 636 valence electrons. The first-order chi connectivity index (χ1) is 57.1. The van der Waals surface area contributed by atoms with E-state index in [0.29, 0.717) is 73.6 Å². The van der Waals surface area contributed by atoms with Crippen molar-refractivity contribution in [2.24, 2.45) is 17.8 Å². The summed E-state index contributed by atoms with van der Waals surface area (Å²) >= 11 is 0. The molecular formula is C85H106N14O20. The second-order valence-electron chi connectivity index (χ2n) is 33.4. The average Bonchev–Trinajstić information content (AvgIpc) is 2.00. The molecule has 119 heavy (non-hydrogen) atoms. The summed E-state index contributed by atoms with van der Waals surface area (Å²) in [7, 11) is 0. The minimum absolute atomic E-state index is 0.00345. The summed E-state index contributed by atoms with van der Waals surface area (Å²) in [6.45, 7) is 12.5. The van der Waals surface area contributed by atoms with Gasteiger partial charge in [0, 0.05) is 81.5 Å². The second kappa shape index (κ2) is 36.2. The number of carbonyl (C=O) groups excluding carboxylic acids is 14. The Morgan fingerprint density at radius 2 is 0.950 bits per heavy atom. The molecule has 34 nitrogen and oxygen atoms in total. The van der Waals surface area contributed by atoms with Gasteiger partial charge in [-0.3, -0.25) is 47.9 Å². The summed E-state index contributed by atoms with van der Waals surface area (Å²) in [5.41, 5.74) is 3.59. The van der Waals surface area contributed by atoms with E-state index in [1.54, 1.807) is 54.6 Å². The number of piperidine rings is 2. The van der Waals surface area contributed by atoms with E-state index >= 15 is 24.0 Å². The molecule has 14 amide bonds. The molecule has 8 saturated heterocycles. The van der Waals surface area contributed by atoms with Crippen LogP contribution in [-0.4, -0.2) is 263 Å². The van der Waals surface area contributed by atoms with Crippen LogP contribution in [0.15, 0.2) is 84.9 Å². The highest BCUT2D eigenvalue weighted by atomic mass is 16.6. The highest BCUT2D eigenvalue weighted by molar-refractivity contribution is 6.01. The van der Waals surface area contributed by atoms with E-state index in [4.69, 9.17) is 28.4 Å². The molecule has 34 heteroatoms. The number of rotatable bonds is 13. The van der Waals surface area contributed by atoms with Crippen LogP contribution in [-0.2, 0) is 79.8 Å². The van der Waals surface area contributed by atoms with Crippen LogP contribution in [0.5, 0.6) is 23.0 Å². The number of carbonyl (C=O) groups is 14. The smallest absolute Gasteiger partial charge is 0.329 e. The molecule has 2 unspecified atom stereocenters. The van der Waals surface area contributed by atoms with Gasteiger partial charge in [-0.1, -0.05) is 73.5 Å². The van der Waals surface area contributed by atoms with Crippen LogP contribution in [0, 0.1) is 31.6 Å². The van der Waals surface area contributed by atoms with Crippen molar-refractivity contribution in [1.29, 1.82) is 0 Å². The quantitative estimate of drug-likeness (QED) is 0.0890. The third-order valence-corrected chi connectivity index (χ3v) is 24.4. The highest BCUT2D eigenvalue weighted by Crippen LogP contribution is 2.40. The third kappa shape index (κ3) is 18.9. The van der Waals surface area contributed by atoms with E-state index in [2.05, 4.69) is 42.5 Å². The van der Waals surface area contributed by atoms with Crippen molar-refractivity contribution in [3.63, 3.8) is 0 Å². The lowest BCUT2D eigenvalue weighted by Gasteiger charge is -2.44. The van der Waals surface area contributed by atoms with Gasteiger partial charge in [-0.2, -0.15) is 0 Å². The number of ether oxygens (including phenoxy) is 6. The van der Waals surface area contributed by atoms with Gasteiger partial charge in [0.15, 0.2) is 23.0 Å². The lowest BCUT2D eigenvalue weighted by molar-refractivity contribution is -0.163. The summed E-state index contributed by atoms with van der Waals surface area (Å²) in [6, 6.07) is 7.67. The fourth-order valence-corrected chi connectivity index (χ4v) is 18.3. The molecule has 4 aromatic rings. The maximum absolute atomic E-state index is 15.4. The van der Waals surface area contributed by atoms with Crippen LogP contribution in [0.4, 0.5) is 21.0 Å². The van der Waals surface area contributed by atoms with Crippen LogP contribution in [0.3, 0.4) is 0 Å². The maximum atomic E-state index is 15.4. The number of nitrogens with zero attached hydrogens (tertiary/aromatic N) is 6. The summed E-state index contributed by atoms with van der Waals surface area (Å²) in [5.74, 6) is -7.58. The Labute approximate surface area is 689 Å². The Balaban J connectivity index is 0.671. The van der Waals surface area contributed by atoms with Crippen molar-refractivity contribution in [2.45, 2.75) is 217 Å². The molecule has 0 aliphatic carbocycles. The van der Waals surface area contributed by atoms with Gasteiger partial charge in [0.25, 0.3) is 0 Å².